The Kier molecular flexibility index (Phi) is 5.72. The fraction of sp³-hybridized carbons (Fsp3) is 0.500. The van der Waals surface area contributed by atoms with E-state index in [2.05, 4.69) is 10.1 Å². The number of rotatable bonds is 6. The molecular weight excluding hydrogens is 416 g/mol. The minimum Gasteiger partial charge on any atom is -0.444 e. The Bertz CT molecular complexity index is 1000. The number of benzene rings is 1. The van der Waals surface area contributed by atoms with E-state index in [4.69, 9.17) is 14.0 Å². The molecule has 1 aromatic carbocycles. The maximum absolute atomic E-state index is 12.5. The van der Waals surface area contributed by atoms with Crippen LogP contribution in [0.15, 0.2) is 28.8 Å². The van der Waals surface area contributed by atoms with E-state index in [-0.39, 0.29) is 37.0 Å². The molecule has 0 bridgehead atoms. The van der Waals surface area contributed by atoms with Gasteiger partial charge in [-0.15, -0.1) is 0 Å². The average Bonchev–Trinajstić information content (AvgIpc) is 3.23. The quantitative estimate of drug-likeness (QED) is 0.627. The minimum absolute atomic E-state index is 0.0164. The van der Waals surface area contributed by atoms with Crippen molar-refractivity contribution in [1.82, 2.24) is 19.9 Å². The Balaban J connectivity index is 1.24. The van der Waals surface area contributed by atoms with Crippen LogP contribution in [0.2, 0.25) is 0 Å². The van der Waals surface area contributed by atoms with E-state index in [1.54, 1.807) is 36.1 Å². The van der Waals surface area contributed by atoms with Crippen LogP contribution < -0.4 is 0 Å². The Morgan fingerprint density at radius 2 is 1.81 bits per heavy atom. The first-order valence-corrected chi connectivity index (χ1v) is 10.5. The van der Waals surface area contributed by atoms with Gasteiger partial charge in [-0.2, -0.15) is 4.98 Å². The van der Waals surface area contributed by atoms with Gasteiger partial charge in [-0.05, 0) is 39.8 Å². The van der Waals surface area contributed by atoms with Gasteiger partial charge in [0.25, 0.3) is 17.7 Å². The van der Waals surface area contributed by atoms with Gasteiger partial charge in [-0.3, -0.25) is 14.5 Å². The molecule has 0 spiro atoms. The molecule has 2 aliphatic heterocycles. The third-order valence-corrected chi connectivity index (χ3v) is 5.23. The predicted octanol–water partition coefficient (Wildman–Crippen LogP) is 2.61. The van der Waals surface area contributed by atoms with Crippen molar-refractivity contribution in [3.05, 3.63) is 47.1 Å². The molecule has 0 aliphatic carbocycles. The Morgan fingerprint density at radius 3 is 2.41 bits per heavy atom. The van der Waals surface area contributed by atoms with Gasteiger partial charge in [-0.1, -0.05) is 17.3 Å². The zero-order valence-electron chi connectivity index (χ0n) is 18.5. The van der Waals surface area contributed by atoms with Crippen molar-refractivity contribution in [2.75, 3.05) is 19.7 Å². The van der Waals surface area contributed by atoms with E-state index in [1.165, 1.54) is 4.90 Å². The number of likely N-dealkylation sites (tertiary alicyclic amines) is 1. The number of hydrogen-bond acceptors (Lipinski definition) is 8. The maximum Gasteiger partial charge on any atom is 0.410 e. The molecule has 170 valence electrons. The normalized spacial score (nSPS) is 17.4. The number of amides is 3. The number of nitrogens with zero attached hydrogens (tertiary/aromatic N) is 4. The molecular formula is C22H26N4O6. The summed E-state index contributed by atoms with van der Waals surface area (Å²) in [5, 5.41) is 3.97. The average molecular weight is 442 g/mol. The Morgan fingerprint density at radius 1 is 1.19 bits per heavy atom. The molecule has 1 saturated heterocycles. The Hall–Kier alpha value is -3.27. The summed E-state index contributed by atoms with van der Waals surface area (Å²) < 4.78 is 16.2. The smallest absolute Gasteiger partial charge is 0.410 e. The van der Waals surface area contributed by atoms with Crippen LogP contribution in [0, 0.1) is 0 Å². The number of ether oxygens (including phenoxy) is 2. The zero-order valence-corrected chi connectivity index (χ0v) is 18.5. The van der Waals surface area contributed by atoms with Crippen molar-refractivity contribution < 1.29 is 28.4 Å². The largest absolute Gasteiger partial charge is 0.444 e. The second kappa shape index (κ2) is 8.34. The van der Waals surface area contributed by atoms with E-state index in [9.17, 15) is 14.4 Å². The number of aromatic nitrogens is 2. The highest BCUT2D eigenvalue weighted by atomic mass is 16.6. The summed E-state index contributed by atoms with van der Waals surface area (Å²) in [6.07, 6.45) is -0.358. The van der Waals surface area contributed by atoms with Crippen LogP contribution in [-0.4, -0.2) is 69.2 Å². The van der Waals surface area contributed by atoms with E-state index < -0.39 is 11.6 Å². The first-order valence-electron chi connectivity index (χ1n) is 10.5. The molecule has 3 heterocycles. The molecule has 1 unspecified atom stereocenters. The maximum atomic E-state index is 12.5. The summed E-state index contributed by atoms with van der Waals surface area (Å²) in [7, 11) is 0. The standard InChI is InChI=1S/C22H26N4O6/c1-13(26-19(27)15-7-5-6-8-16(15)20(26)28)11-30-12-17-23-18(24-32-17)14-9-25(10-14)21(29)31-22(2,3)4/h5-8,13-14H,9-12H2,1-4H3. The minimum atomic E-state index is -0.539. The van der Waals surface area contributed by atoms with Crippen molar-refractivity contribution in [2.24, 2.45) is 0 Å². The zero-order chi connectivity index (χ0) is 23.0. The first-order chi connectivity index (χ1) is 15.1. The van der Waals surface area contributed by atoms with Crippen LogP contribution in [0.1, 0.15) is 66.0 Å². The fourth-order valence-electron chi connectivity index (χ4n) is 3.61. The second-order valence-electron chi connectivity index (χ2n) is 9.02. The lowest BCUT2D eigenvalue weighted by atomic mass is 10.0. The second-order valence-corrected chi connectivity index (χ2v) is 9.02. The summed E-state index contributed by atoms with van der Waals surface area (Å²) >= 11 is 0. The van der Waals surface area contributed by atoms with Crippen LogP contribution >= 0.6 is 0 Å². The summed E-state index contributed by atoms with van der Waals surface area (Å²) in [5.74, 6) is 0.155. The molecule has 0 radical (unpaired) electrons. The van der Waals surface area contributed by atoms with Crippen LogP contribution in [-0.2, 0) is 16.1 Å². The summed E-state index contributed by atoms with van der Waals surface area (Å²) in [4.78, 5) is 44.2. The van der Waals surface area contributed by atoms with Gasteiger partial charge < -0.3 is 18.9 Å². The summed E-state index contributed by atoms with van der Waals surface area (Å²) in [6.45, 7) is 8.34. The van der Waals surface area contributed by atoms with Gasteiger partial charge in [-0.25, -0.2) is 4.79 Å². The molecule has 1 fully saturated rings. The number of carbonyl (C=O) groups is 3. The van der Waals surface area contributed by atoms with Gasteiger partial charge in [0.2, 0.25) is 0 Å². The van der Waals surface area contributed by atoms with Crippen molar-refractivity contribution in [3.63, 3.8) is 0 Å². The number of imide groups is 1. The van der Waals surface area contributed by atoms with Crippen molar-refractivity contribution in [3.8, 4) is 0 Å². The molecule has 2 aliphatic rings. The van der Waals surface area contributed by atoms with E-state index >= 15 is 0 Å². The molecule has 3 amide bonds. The molecule has 10 nitrogen and oxygen atoms in total. The molecule has 1 atom stereocenters. The molecule has 1 aromatic heterocycles. The van der Waals surface area contributed by atoms with Gasteiger partial charge >= 0.3 is 6.09 Å². The topological polar surface area (TPSA) is 115 Å². The van der Waals surface area contributed by atoms with Gasteiger partial charge in [0, 0.05) is 13.1 Å². The lowest BCUT2D eigenvalue weighted by Crippen LogP contribution is -2.50. The summed E-state index contributed by atoms with van der Waals surface area (Å²) in [5.41, 5.74) is 0.280. The Labute approximate surface area is 185 Å². The first kappa shape index (κ1) is 21.9. The lowest BCUT2D eigenvalue weighted by molar-refractivity contribution is 0.00730. The monoisotopic (exact) mass is 442 g/mol. The van der Waals surface area contributed by atoms with E-state index in [0.717, 1.165) is 0 Å². The highest BCUT2D eigenvalue weighted by Crippen LogP contribution is 2.27. The van der Waals surface area contributed by atoms with E-state index in [1.807, 2.05) is 20.8 Å². The molecule has 2 aromatic rings. The molecule has 32 heavy (non-hydrogen) atoms. The fourth-order valence-corrected chi connectivity index (χ4v) is 3.61. The number of fused-ring (bicyclic) bond motifs is 1. The van der Waals surface area contributed by atoms with Crippen LogP contribution in [0.5, 0.6) is 0 Å². The van der Waals surface area contributed by atoms with Crippen molar-refractivity contribution in [2.45, 2.75) is 51.9 Å². The predicted molar refractivity (Wildman–Crippen MR) is 111 cm³/mol. The van der Waals surface area contributed by atoms with Crippen LogP contribution in [0.4, 0.5) is 4.79 Å². The molecule has 0 saturated carbocycles. The molecule has 0 N–H and O–H groups in total. The highest BCUT2D eigenvalue weighted by molar-refractivity contribution is 6.21. The number of hydrogen-bond donors (Lipinski definition) is 0. The lowest BCUT2D eigenvalue weighted by Gasteiger charge is -2.38. The molecule has 10 heteroatoms. The van der Waals surface area contributed by atoms with E-state index in [0.29, 0.717) is 35.9 Å². The highest BCUT2D eigenvalue weighted by Gasteiger charge is 2.39. The third-order valence-electron chi connectivity index (χ3n) is 5.23. The summed E-state index contributed by atoms with van der Waals surface area (Å²) in [6, 6.07) is 6.31. The van der Waals surface area contributed by atoms with Gasteiger partial charge in [0.1, 0.15) is 12.2 Å². The third kappa shape index (κ3) is 4.36. The van der Waals surface area contributed by atoms with Crippen LogP contribution in [0.25, 0.3) is 0 Å². The van der Waals surface area contributed by atoms with Gasteiger partial charge in [0.15, 0.2) is 5.82 Å². The van der Waals surface area contributed by atoms with Crippen molar-refractivity contribution >= 4 is 17.9 Å². The molecule has 4 rings (SSSR count). The van der Waals surface area contributed by atoms with Gasteiger partial charge in [0.05, 0.1) is 29.7 Å². The van der Waals surface area contributed by atoms with Crippen molar-refractivity contribution in [1.29, 1.82) is 0 Å². The SMILES string of the molecule is CC(COCc1nc(C2CN(C(=O)OC(C)(C)C)C2)no1)N1C(=O)c2ccccc2C1=O. The number of carbonyl (C=O) groups excluding carboxylic acids is 3. The van der Waals surface area contributed by atoms with Crippen LogP contribution in [0.3, 0.4) is 0 Å².